The van der Waals surface area contributed by atoms with Gasteiger partial charge in [0.1, 0.15) is 11.5 Å². The normalized spacial score (nSPS) is 23.5. The first kappa shape index (κ1) is 12.2. The lowest BCUT2D eigenvalue weighted by molar-refractivity contribution is 0.207. The van der Waals surface area contributed by atoms with E-state index in [1.807, 2.05) is 6.92 Å². The van der Waals surface area contributed by atoms with Crippen molar-refractivity contribution >= 4 is 0 Å². The molecule has 1 aliphatic rings. The number of nitrogens with one attached hydrogen (secondary N) is 1. The van der Waals surface area contributed by atoms with Gasteiger partial charge in [-0.2, -0.15) is 4.98 Å². The van der Waals surface area contributed by atoms with Crippen molar-refractivity contribution in [3.05, 3.63) is 24.0 Å². The maximum atomic E-state index is 5.42. The number of hydrogen-bond acceptors (Lipinski definition) is 6. The summed E-state index contributed by atoms with van der Waals surface area (Å²) >= 11 is 0. The number of rotatable bonds is 2. The Kier molecular flexibility index (Phi) is 3.02. The first-order valence-electron chi connectivity index (χ1n) is 6.57. The summed E-state index contributed by atoms with van der Waals surface area (Å²) in [5.41, 5.74) is 0.480. The van der Waals surface area contributed by atoms with Crippen LogP contribution in [0.2, 0.25) is 0 Å². The third-order valence-electron chi connectivity index (χ3n) is 3.52. The maximum absolute atomic E-state index is 5.42. The third kappa shape index (κ3) is 2.35. The fourth-order valence-corrected chi connectivity index (χ4v) is 2.37. The zero-order chi connectivity index (χ0) is 13.3. The summed E-state index contributed by atoms with van der Waals surface area (Å²) in [7, 11) is 0. The Hall–Kier alpha value is -1.82. The van der Waals surface area contributed by atoms with Gasteiger partial charge in [0.2, 0.25) is 11.7 Å². The molecule has 2 aromatic heterocycles. The molecule has 3 heterocycles. The van der Waals surface area contributed by atoms with Gasteiger partial charge in [0.15, 0.2) is 0 Å². The monoisotopic (exact) mass is 259 g/mol. The molecule has 19 heavy (non-hydrogen) atoms. The van der Waals surface area contributed by atoms with Gasteiger partial charge < -0.3 is 9.84 Å². The van der Waals surface area contributed by atoms with Crippen LogP contribution in [0.15, 0.2) is 16.8 Å². The first-order chi connectivity index (χ1) is 9.17. The van der Waals surface area contributed by atoms with E-state index in [4.69, 9.17) is 4.52 Å². The minimum atomic E-state index is -0.217. The lowest BCUT2D eigenvalue weighted by atomic mass is 9.91. The molecular formula is C13H17N5O. The topological polar surface area (TPSA) is 76.7 Å². The van der Waals surface area contributed by atoms with Crippen LogP contribution in [0.25, 0.3) is 11.5 Å². The average molecular weight is 259 g/mol. The Bertz CT molecular complexity index is 574. The number of aryl methyl sites for hydroxylation is 1. The molecule has 1 N–H and O–H groups in total. The largest absolute Gasteiger partial charge is 0.337 e. The number of nitrogens with zero attached hydrogens (tertiary/aromatic N) is 4. The number of piperidine rings is 1. The Morgan fingerprint density at radius 2 is 2.21 bits per heavy atom. The van der Waals surface area contributed by atoms with Crippen molar-refractivity contribution in [2.45, 2.75) is 38.6 Å². The van der Waals surface area contributed by atoms with Crippen LogP contribution in [0.4, 0.5) is 0 Å². The van der Waals surface area contributed by atoms with E-state index in [9.17, 15) is 0 Å². The van der Waals surface area contributed by atoms with Crippen molar-refractivity contribution in [1.82, 2.24) is 25.4 Å². The van der Waals surface area contributed by atoms with E-state index in [0.29, 0.717) is 23.2 Å². The Morgan fingerprint density at radius 3 is 2.95 bits per heavy atom. The zero-order valence-electron chi connectivity index (χ0n) is 11.2. The molecule has 1 saturated heterocycles. The molecule has 3 rings (SSSR count). The molecule has 6 nitrogen and oxygen atoms in total. The van der Waals surface area contributed by atoms with Gasteiger partial charge in [0, 0.05) is 6.20 Å². The van der Waals surface area contributed by atoms with Crippen LogP contribution in [0.5, 0.6) is 0 Å². The highest BCUT2D eigenvalue weighted by Crippen LogP contribution is 2.29. The van der Waals surface area contributed by atoms with Gasteiger partial charge in [0.25, 0.3) is 0 Å². The summed E-state index contributed by atoms with van der Waals surface area (Å²) in [5.74, 6) is 1.86. The smallest absolute Gasteiger partial charge is 0.247 e. The van der Waals surface area contributed by atoms with Crippen LogP contribution in [0, 0.1) is 6.92 Å². The fourth-order valence-electron chi connectivity index (χ4n) is 2.37. The Morgan fingerprint density at radius 1 is 1.32 bits per heavy atom. The third-order valence-corrected chi connectivity index (χ3v) is 3.52. The molecule has 1 fully saturated rings. The van der Waals surface area contributed by atoms with Crippen LogP contribution in [-0.2, 0) is 5.54 Å². The Balaban J connectivity index is 1.91. The van der Waals surface area contributed by atoms with Crippen LogP contribution in [0.3, 0.4) is 0 Å². The van der Waals surface area contributed by atoms with Crippen LogP contribution in [0.1, 0.15) is 37.9 Å². The van der Waals surface area contributed by atoms with Crippen molar-refractivity contribution in [2.75, 3.05) is 6.54 Å². The van der Waals surface area contributed by atoms with Gasteiger partial charge in [0.05, 0.1) is 5.54 Å². The first-order valence-corrected chi connectivity index (χ1v) is 6.57. The summed E-state index contributed by atoms with van der Waals surface area (Å²) in [5, 5.41) is 7.49. The van der Waals surface area contributed by atoms with E-state index < -0.39 is 0 Å². The standard InChI is InChI=1S/C13H17N5O/c1-9-14-8-5-10(16-9)11-17-12(19-18-11)13(2)6-3-4-7-15-13/h5,8,15H,3-4,6-7H2,1-2H3. The predicted octanol–water partition coefficient (Wildman–Crippen LogP) is 1.82. The SMILES string of the molecule is Cc1nccc(-c2noc(C3(C)CCCCN3)n2)n1. The summed E-state index contributed by atoms with van der Waals surface area (Å²) in [4.78, 5) is 12.9. The lowest BCUT2D eigenvalue weighted by Crippen LogP contribution is -2.43. The van der Waals surface area contributed by atoms with Crippen molar-refractivity contribution in [3.63, 3.8) is 0 Å². The molecule has 2 aromatic rings. The van der Waals surface area contributed by atoms with Gasteiger partial charge >= 0.3 is 0 Å². The Labute approximate surface area is 111 Å². The van der Waals surface area contributed by atoms with E-state index >= 15 is 0 Å². The second kappa shape index (κ2) is 4.70. The van der Waals surface area contributed by atoms with Gasteiger partial charge in [-0.15, -0.1) is 0 Å². The summed E-state index contributed by atoms with van der Waals surface area (Å²) in [6.45, 7) is 4.93. The zero-order valence-corrected chi connectivity index (χ0v) is 11.2. The molecule has 0 radical (unpaired) electrons. The van der Waals surface area contributed by atoms with Gasteiger partial charge in [-0.3, -0.25) is 0 Å². The van der Waals surface area contributed by atoms with E-state index in [0.717, 1.165) is 13.0 Å². The molecule has 0 aromatic carbocycles. The molecule has 1 atom stereocenters. The molecule has 1 unspecified atom stereocenters. The lowest BCUT2D eigenvalue weighted by Gasteiger charge is -2.31. The maximum Gasteiger partial charge on any atom is 0.247 e. The van der Waals surface area contributed by atoms with Crippen molar-refractivity contribution < 1.29 is 4.52 Å². The van der Waals surface area contributed by atoms with Crippen molar-refractivity contribution in [2.24, 2.45) is 0 Å². The van der Waals surface area contributed by atoms with Gasteiger partial charge in [-0.1, -0.05) is 5.16 Å². The van der Waals surface area contributed by atoms with E-state index in [1.54, 1.807) is 12.3 Å². The van der Waals surface area contributed by atoms with E-state index in [1.165, 1.54) is 12.8 Å². The van der Waals surface area contributed by atoms with Crippen molar-refractivity contribution in [1.29, 1.82) is 0 Å². The molecule has 6 heteroatoms. The summed E-state index contributed by atoms with van der Waals surface area (Å²) < 4.78 is 5.42. The molecule has 0 bridgehead atoms. The second-order valence-corrected chi connectivity index (χ2v) is 5.13. The van der Waals surface area contributed by atoms with E-state index in [-0.39, 0.29) is 5.54 Å². The van der Waals surface area contributed by atoms with E-state index in [2.05, 4.69) is 32.3 Å². The van der Waals surface area contributed by atoms with Gasteiger partial charge in [-0.05, 0) is 45.7 Å². The average Bonchev–Trinajstić information content (AvgIpc) is 2.90. The molecule has 0 amide bonds. The molecule has 1 aliphatic heterocycles. The molecule has 0 spiro atoms. The van der Waals surface area contributed by atoms with Crippen molar-refractivity contribution in [3.8, 4) is 11.5 Å². The molecular weight excluding hydrogens is 242 g/mol. The van der Waals surface area contributed by atoms with Crippen LogP contribution < -0.4 is 5.32 Å². The summed E-state index contributed by atoms with van der Waals surface area (Å²) in [6, 6.07) is 1.79. The van der Waals surface area contributed by atoms with Crippen LogP contribution in [-0.4, -0.2) is 26.7 Å². The molecule has 100 valence electrons. The number of hydrogen-bond donors (Lipinski definition) is 1. The minimum Gasteiger partial charge on any atom is -0.337 e. The molecule has 0 saturated carbocycles. The summed E-state index contributed by atoms with van der Waals surface area (Å²) in [6.07, 6.45) is 5.08. The highest BCUT2D eigenvalue weighted by atomic mass is 16.5. The predicted molar refractivity (Wildman–Crippen MR) is 69.3 cm³/mol. The van der Waals surface area contributed by atoms with Gasteiger partial charge in [-0.25, -0.2) is 9.97 Å². The van der Waals surface area contributed by atoms with Crippen LogP contribution >= 0.6 is 0 Å². The minimum absolute atomic E-state index is 0.217. The molecule has 0 aliphatic carbocycles. The fraction of sp³-hybridized carbons (Fsp3) is 0.538. The number of aromatic nitrogens is 4. The highest BCUT2D eigenvalue weighted by Gasteiger charge is 2.34. The second-order valence-electron chi connectivity index (χ2n) is 5.13. The highest BCUT2D eigenvalue weighted by molar-refractivity contribution is 5.47. The quantitative estimate of drug-likeness (QED) is 0.886.